The van der Waals surface area contributed by atoms with Crippen molar-refractivity contribution >= 4 is 34.9 Å². The Bertz CT molecular complexity index is 687. The van der Waals surface area contributed by atoms with Crippen LogP contribution in [0.2, 0.25) is 10.0 Å². The predicted molar refractivity (Wildman–Crippen MR) is 98.1 cm³/mol. The quantitative estimate of drug-likeness (QED) is 0.812. The lowest BCUT2D eigenvalue weighted by Crippen LogP contribution is -2.27. The van der Waals surface area contributed by atoms with Crippen LogP contribution in [0.15, 0.2) is 30.6 Å². The van der Waals surface area contributed by atoms with Crippen LogP contribution < -0.4 is 10.2 Å². The molecule has 1 aromatic carbocycles. The fourth-order valence-corrected chi connectivity index (χ4v) is 2.78. The van der Waals surface area contributed by atoms with E-state index in [2.05, 4.69) is 20.2 Å². The second-order valence-electron chi connectivity index (χ2n) is 5.17. The highest BCUT2D eigenvalue weighted by atomic mass is 35.5. The van der Waals surface area contributed by atoms with Gasteiger partial charge in [-0.1, -0.05) is 29.3 Å². The maximum atomic E-state index is 12.1. The highest BCUT2D eigenvalue weighted by Gasteiger charge is 2.10. The van der Waals surface area contributed by atoms with Gasteiger partial charge in [0.1, 0.15) is 11.5 Å². The first kappa shape index (κ1) is 18.5. The van der Waals surface area contributed by atoms with Gasteiger partial charge in [-0.25, -0.2) is 9.97 Å². The van der Waals surface area contributed by atoms with Crippen molar-refractivity contribution in [1.82, 2.24) is 15.3 Å². The van der Waals surface area contributed by atoms with Gasteiger partial charge in [0, 0.05) is 29.7 Å². The Morgan fingerprint density at radius 2 is 1.92 bits per heavy atom. The van der Waals surface area contributed by atoms with Crippen LogP contribution in [0.3, 0.4) is 0 Å². The summed E-state index contributed by atoms with van der Waals surface area (Å²) in [5, 5.41) is 4.01. The van der Waals surface area contributed by atoms with Crippen LogP contribution >= 0.6 is 23.2 Å². The maximum Gasteiger partial charge on any atom is 0.271 e. The van der Waals surface area contributed by atoms with Gasteiger partial charge in [-0.3, -0.25) is 4.79 Å². The minimum atomic E-state index is -0.251. The summed E-state index contributed by atoms with van der Waals surface area (Å²) < 4.78 is 0. The van der Waals surface area contributed by atoms with Gasteiger partial charge in [-0.05, 0) is 38.0 Å². The molecule has 1 aromatic heterocycles. The Balaban J connectivity index is 1.90. The van der Waals surface area contributed by atoms with E-state index >= 15 is 0 Å². The summed E-state index contributed by atoms with van der Waals surface area (Å²) in [6.45, 7) is 6.25. The second kappa shape index (κ2) is 8.85. The molecule has 1 heterocycles. The van der Waals surface area contributed by atoms with Crippen LogP contribution in [0, 0.1) is 0 Å². The van der Waals surface area contributed by atoms with Gasteiger partial charge >= 0.3 is 0 Å². The van der Waals surface area contributed by atoms with Crippen LogP contribution in [-0.4, -0.2) is 35.5 Å². The van der Waals surface area contributed by atoms with Gasteiger partial charge in [0.05, 0.1) is 12.4 Å². The molecule has 0 saturated heterocycles. The van der Waals surface area contributed by atoms with Crippen LogP contribution in [0.25, 0.3) is 0 Å². The number of aromatic nitrogens is 2. The van der Waals surface area contributed by atoms with E-state index in [0.29, 0.717) is 28.7 Å². The minimum Gasteiger partial charge on any atom is -0.356 e. The van der Waals surface area contributed by atoms with E-state index in [1.807, 2.05) is 19.9 Å². The Labute approximate surface area is 152 Å². The smallest absolute Gasteiger partial charge is 0.271 e. The molecule has 0 unspecified atom stereocenters. The lowest BCUT2D eigenvalue weighted by Gasteiger charge is -2.18. The lowest BCUT2D eigenvalue weighted by molar-refractivity contribution is 0.0949. The van der Waals surface area contributed by atoms with Gasteiger partial charge in [-0.2, -0.15) is 0 Å². The van der Waals surface area contributed by atoms with Gasteiger partial charge in [0.25, 0.3) is 5.91 Å². The third-order valence-corrected chi connectivity index (χ3v) is 4.24. The first-order chi connectivity index (χ1) is 11.5. The van der Waals surface area contributed by atoms with Gasteiger partial charge in [-0.15, -0.1) is 0 Å². The van der Waals surface area contributed by atoms with Crippen LogP contribution in [0.4, 0.5) is 5.82 Å². The van der Waals surface area contributed by atoms with Gasteiger partial charge < -0.3 is 10.2 Å². The summed E-state index contributed by atoms with van der Waals surface area (Å²) in [7, 11) is 0. The lowest BCUT2D eigenvalue weighted by atomic mass is 10.1. The summed E-state index contributed by atoms with van der Waals surface area (Å²) in [5.74, 6) is 0.517. The highest BCUT2D eigenvalue weighted by Crippen LogP contribution is 2.21. The normalized spacial score (nSPS) is 10.5. The molecule has 1 amide bonds. The predicted octanol–water partition coefficient (Wildman–Crippen LogP) is 3.60. The molecule has 0 fully saturated rings. The van der Waals surface area contributed by atoms with Crippen molar-refractivity contribution in [1.29, 1.82) is 0 Å². The van der Waals surface area contributed by atoms with Crippen molar-refractivity contribution in [2.45, 2.75) is 20.3 Å². The topological polar surface area (TPSA) is 58.1 Å². The molecule has 0 aliphatic carbocycles. The standard InChI is InChI=1S/C17H20Cl2N4O/c1-3-23(4-2)16-11-21-15(10-22-16)17(24)20-8-7-12-5-6-13(18)9-14(12)19/h5-6,9-11H,3-4,7-8H2,1-2H3,(H,20,24). The van der Waals surface area contributed by atoms with Crippen LogP contribution in [-0.2, 0) is 6.42 Å². The Morgan fingerprint density at radius 3 is 2.50 bits per heavy atom. The molecule has 0 aliphatic rings. The van der Waals surface area contributed by atoms with Gasteiger partial charge in [0.2, 0.25) is 0 Å². The molecule has 0 radical (unpaired) electrons. The van der Waals surface area contributed by atoms with Crippen molar-refractivity contribution in [3.63, 3.8) is 0 Å². The van der Waals surface area contributed by atoms with E-state index in [1.54, 1.807) is 18.3 Å². The SMILES string of the molecule is CCN(CC)c1cnc(C(=O)NCCc2ccc(Cl)cc2Cl)cn1. The number of anilines is 1. The van der Waals surface area contributed by atoms with Crippen molar-refractivity contribution in [2.75, 3.05) is 24.5 Å². The molecule has 128 valence electrons. The largest absolute Gasteiger partial charge is 0.356 e. The van der Waals surface area contributed by atoms with Crippen molar-refractivity contribution in [3.8, 4) is 0 Å². The van der Waals surface area contributed by atoms with E-state index < -0.39 is 0 Å². The fourth-order valence-electron chi connectivity index (χ4n) is 2.28. The second-order valence-corrected chi connectivity index (χ2v) is 6.02. The molecule has 0 saturated carbocycles. The molecule has 24 heavy (non-hydrogen) atoms. The summed E-state index contributed by atoms with van der Waals surface area (Å²) in [6.07, 6.45) is 3.74. The number of rotatable bonds is 7. The highest BCUT2D eigenvalue weighted by molar-refractivity contribution is 6.35. The molecule has 2 rings (SSSR count). The van der Waals surface area contributed by atoms with Crippen molar-refractivity contribution in [2.24, 2.45) is 0 Å². The van der Waals surface area contributed by atoms with E-state index in [4.69, 9.17) is 23.2 Å². The molecule has 2 aromatic rings. The molecule has 0 aliphatic heterocycles. The number of amides is 1. The zero-order valence-electron chi connectivity index (χ0n) is 13.7. The Kier molecular flexibility index (Phi) is 6.82. The monoisotopic (exact) mass is 366 g/mol. The number of carbonyl (C=O) groups excluding carboxylic acids is 1. The average molecular weight is 367 g/mol. The number of halogens is 2. The molecule has 0 atom stereocenters. The van der Waals surface area contributed by atoms with Crippen LogP contribution in [0.1, 0.15) is 29.9 Å². The van der Waals surface area contributed by atoms with E-state index in [0.717, 1.165) is 24.5 Å². The zero-order chi connectivity index (χ0) is 17.5. The number of hydrogen-bond acceptors (Lipinski definition) is 4. The molecular weight excluding hydrogens is 347 g/mol. The first-order valence-corrected chi connectivity index (χ1v) is 8.59. The third kappa shape index (κ3) is 4.82. The number of benzene rings is 1. The number of carbonyl (C=O) groups is 1. The summed E-state index contributed by atoms with van der Waals surface area (Å²) >= 11 is 12.0. The maximum absolute atomic E-state index is 12.1. The Hall–Kier alpha value is -1.85. The average Bonchev–Trinajstić information content (AvgIpc) is 2.58. The van der Waals surface area contributed by atoms with Crippen molar-refractivity contribution < 1.29 is 4.79 Å². The minimum absolute atomic E-state index is 0.251. The molecule has 7 heteroatoms. The molecular formula is C17H20Cl2N4O. The van der Waals surface area contributed by atoms with Crippen molar-refractivity contribution in [3.05, 3.63) is 51.9 Å². The third-order valence-electron chi connectivity index (χ3n) is 3.65. The zero-order valence-corrected chi connectivity index (χ0v) is 15.2. The number of nitrogens with one attached hydrogen (secondary N) is 1. The summed E-state index contributed by atoms with van der Waals surface area (Å²) in [6, 6.07) is 5.33. The molecule has 5 nitrogen and oxygen atoms in total. The van der Waals surface area contributed by atoms with E-state index in [9.17, 15) is 4.79 Å². The molecule has 0 spiro atoms. The summed E-state index contributed by atoms with van der Waals surface area (Å²) in [5.41, 5.74) is 1.23. The number of nitrogens with zero attached hydrogens (tertiary/aromatic N) is 3. The fraction of sp³-hybridized carbons (Fsp3) is 0.353. The molecule has 0 bridgehead atoms. The van der Waals surface area contributed by atoms with E-state index in [-0.39, 0.29) is 5.91 Å². The Morgan fingerprint density at radius 1 is 1.17 bits per heavy atom. The first-order valence-electron chi connectivity index (χ1n) is 7.84. The van der Waals surface area contributed by atoms with Crippen LogP contribution in [0.5, 0.6) is 0 Å². The number of hydrogen-bond donors (Lipinski definition) is 1. The van der Waals surface area contributed by atoms with Gasteiger partial charge in [0.15, 0.2) is 0 Å². The van der Waals surface area contributed by atoms with E-state index in [1.165, 1.54) is 6.20 Å². The summed E-state index contributed by atoms with van der Waals surface area (Å²) in [4.78, 5) is 22.7. The molecule has 1 N–H and O–H groups in total.